The number of rotatable bonds is 6. The fourth-order valence-corrected chi connectivity index (χ4v) is 3.43. The second-order valence-electron chi connectivity index (χ2n) is 6.82. The zero-order valence-corrected chi connectivity index (χ0v) is 16.1. The van der Waals surface area contributed by atoms with Crippen molar-refractivity contribution < 1.29 is 17.9 Å². The van der Waals surface area contributed by atoms with Gasteiger partial charge in [-0.2, -0.15) is 13.2 Å². The average molecular weight is 392 g/mol. The van der Waals surface area contributed by atoms with E-state index in [0.717, 1.165) is 11.3 Å². The van der Waals surface area contributed by atoms with E-state index >= 15 is 0 Å². The lowest BCUT2D eigenvalue weighted by Gasteiger charge is -2.14. The predicted octanol–water partition coefficient (Wildman–Crippen LogP) is 4.39. The molecule has 28 heavy (non-hydrogen) atoms. The summed E-state index contributed by atoms with van der Waals surface area (Å²) in [5.41, 5.74) is 2.71. The van der Waals surface area contributed by atoms with Gasteiger partial charge in [0.2, 0.25) is 0 Å². The van der Waals surface area contributed by atoms with E-state index in [2.05, 4.69) is 0 Å². The van der Waals surface area contributed by atoms with Crippen LogP contribution in [-0.4, -0.2) is 21.9 Å². The molecule has 0 radical (unpaired) electrons. The summed E-state index contributed by atoms with van der Waals surface area (Å²) in [6, 6.07) is 11.6. The smallest absolute Gasteiger partial charge is 0.422 e. The van der Waals surface area contributed by atoms with Crippen LogP contribution >= 0.6 is 0 Å². The molecular formula is C21H23F3N2O2. The number of hydrogen-bond acceptors (Lipinski definition) is 2. The molecule has 0 unspecified atom stereocenters. The highest BCUT2D eigenvalue weighted by atomic mass is 19.4. The molecule has 0 aliphatic heterocycles. The molecule has 2 heterocycles. The van der Waals surface area contributed by atoms with Gasteiger partial charge in [-0.25, -0.2) is 0 Å². The number of alkyl halides is 3. The predicted molar refractivity (Wildman–Crippen MR) is 103 cm³/mol. The van der Waals surface area contributed by atoms with Crippen molar-refractivity contribution >= 4 is 10.9 Å². The molecular weight excluding hydrogens is 369 g/mol. The van der Waals surface area contributed by atoms with Gasteiger partial charge in [0.05, 0.1) is 11.2 Å². The number of aryl methyl sites for hydroxylation is 3. The molecule has 0 spiro atoms. The minimum atomic E-state index is -4.47. The van der Waals surface area contributed by atoms with E-state index in [4.69, 9.17) is 4.74 Å². The van der Waals surface area contributed by atoms with Crippen LogP contribution in [0.4, 0.5) is 13.2 Å². The van der Waals surface area contributed by atoms with Gasteiger partial charge in [-0.1, -0.05) is 37.3 Å². The zero-order chi connectivity index (χ0) is 20.5. The largest absolute Gasteiger partial charge is 0.481 e. The Bertz CT molecular complexity index is 1030. The van der Waals surface area contributed by atoms with Crippen LogP contribution < -0.4 is 10.3 Å². The minimum absolute atomic E-state index is 0.0101. The second kappa shape index (κ2) is 7.73. The van der Waals surface area contributed by atoms with Crippen LogP contribution in [0.25, 0.3) is 10.9 Å². The zero-order valence-electron chi connectivity index (χ0n) is 16.1. The molecule has 0 aliphatic carbocycles. The number of pyridine rings is 1. The lowest BCUT2D eigenvalue weighted by molar-refractivity contribution is -0.153. The van der Waals surface area contributed by atoms with Crippen LogP contribution in [0, 0.1) is 6.92 Å². The van der Waals surface area contributed by atoms with Crippen molar-refractivity contribution in [1.29, 1.82) is 0 Å². The number of fused-ring (bicyclic) bond motifs is 1. The highest BCUT2D eigenvalue weighted by molar-refractivity contribution is 5.88. The highest BCUT2D eigenvalue weighted by Crippen LogP contribution is 2.31. The Morgan fingerprint density at radius 3 is 2.43 bits per heavy atom. The number of ether oxygens (including phenoxy) is 1. The quantitative estimate of drug-likeness (QED) is 0.624. The van der Waals surface area contributed by atoms with Gasteiger partial charge in [-0.05, 0) is 31.4 Å². The summed E-state index contributed by atoms with van der Waals surface area (Å²) >= 11 is 0. The number of nitrogens with zero attached hydrogens (tertiary/aromatic N) is 2. The standard InChI is InChI=1S/C21H23F3N2O2/c1-4-16-12-17-18(19(14(2)25(17)3)28-13-21(22,23)24)20(27)26(16)11-10-15-8-6-5-7-9-15/h5-9,12H,4,10-11,13H2,1-3H3. The van der Waals surface area contributed by atoms with E-state index < -0.39 is 12.8 Å². The maximum Gasteiger partial charge on any atom is 0.422 e. The number of hydrogen-bond donors (Lipinski definition) is 0. The average Bonchev–Trinajstić information content (AvgIpc) is 2.90. The Morgan fingerprint density at radius 2 is 1.82 bits per heavy atom. The Hall–Kier alpha value is -2.70. The first-order valence-electron chi connectivity index (χ1n) is 9.18. The summed E-state index contributed by atoms with van der Waals surface area (Å²) in [5, 5.41) is 0.203. The van der Waals surface area contributed by atoms with Crippen molar-refractivity contribution in [3.05, 3.63) is 63.7 Å². The summed E-state index contributed by atoms with van der Waals surface area (Å²) in [5.74, 6) is 0.0101. The summed E-state index contributed by atoms with van der Waals surface area (Å²) in [6.07, 6.45) is -3.17. The first-order chi connectivity index (χ1) is 13.2. The summed E-state index contributed by atoms with van der Waals surface area (Å²) in [4.78, 5) is 13.2. The molecule has 3 aromatic rings. The molecule has 3 rings (SSSR count). The Labute approximate surface area is 161 Å². The summed E-state index contributed by atoms with van der Waals surface area (Å²) in [7, 11) is 1.73. The third kappa shape index (κ3) is 3.93. The Kier molecular flexibility index (Phi) is 5.54. The molecule has 7 heteroatoms. The molecule has 0 fully saturated rings. The first kappa shape index (κ1) is 20.0. The fourth-order valence-electron chi connectivity index (χ4n) is 3.43. The van der Waals surface area contributed by atoms with E-state index in [9.17, 15) is 18.0 Å². The van der Waals surface area contributed by atoms with Crippen LogP contribution in [0.3, 0.4) is 0 Å². The van der Waals surface area contributed by atoms with Crippen LogP contribution in [0.5, 0.6) is 5.75 Å². The van der Waals surface area contributed by atoms with Crippen LogP contribution in [0.15, 0.2) is 41.2 Å². The van der Waals surface area contributed by atoms with E-state index in [0.29, 0.717) is 30.6 Å². The van der Waals surface area contributed by atoms with Gasteiger partial charge in [0, 0.05) is 19.3 Å². The Morgan fingerprint density at radius 1 is 1.14 bits per heavy atom. The highest BCUT2D eigenvalue weighted by Gasteiger charge is 2.30. The van der Waals surface area contributed by atoms with Crippen LogP contribution in [0.1, 0.15) is 23.9 Å². The van der Waals surface area contributed by atoms with Crippen LogP contribution in [0.2, 0.25) is 0 Å². The van der Waals surface area contributed by atoms with Gasteiger partial charge < -0.3 is 13.9 Å². The minimum Gasteiger partial charge on any atom is -0.481 e. The third-order valence-electron chi connectivity index (χ3n) is 4.99. The summed E-state index contributed by atoms with van der Waals surface area (Å²) < 4.78 is 46.4. The van der Waals surface area contributed by atoms with E-state index in [1.807, 2.05) is 43.3 Å². The third-order valence-corrected chi connectivity index (χ3v) is 4.99. The molecule has 0 bridgehead atoms. The van der Waals surface area contributed by atoms with Gasteiger partial charge in [0.1, 0.15) is 5.39 Å². The van der Waals surface area contributed by atoms with Crippen molar-refractivity contribution in [3.8, 4) is 5.75 Å². The Balaban J connectivity index is 2.08. The topological polar surface area (TPSA) is 36.2 Å². The van der Waals surface area contributed by atoms with Crippen molar-refractivity contribution in [3.63, 3.8) is 0 Å². The molecule has 0 saturated heterocycles. The molecule has 0 N–H and O–H groups in total. The van der Waals surface area contributed by atoms with Gasteiger partial charge >= 0.3 is 6.18 Å². The molecule has 0 saturated carbocycles. The number of benzene rings is 1. The van der Waals surface area contributed by atoms with Crippen molar-refractivity contribution in [2.24, 2.45) is 7.05 Å². The summed E-state index contributed by atoms with van der Waals surface area (Å²) in [6.45, 7) is 2.64. The maximum atomic E-state index is 13.2. The fraction of sp³-hybridized carbons (Fsp3) is 0.381. The number of aromatic nitrogens is 2. The molecule has 4 nitrogen and oxygen atoms in total. The second-order valence-corrected chi connectivity index (χ2v) is 6.82. The van der Waals surface area contributed by atoms with E-state index in [1.54, 1.807) is 23.1 Å². The van der Waals surface area contributed by atoms with Gasteiger partial charge in [-0.3, -0.25) is 4.79 Å². The van der Waals surface area contributed by atoms with E-state index in [-0.39, 0.29) is 16.7 Å². The number of halogens is 3. The molecule has 0 aliphatic rings. The first-order valence-corrected chi connectivity index (χ1v) is 9.18. The lowest BCUT2D eigenvalue weighted by atomic mass is 10.1. The molecule has 1 aromatic carbocycles. The van der Waals surface area contributed by atoms with Crippen molar-refractivity contribution in [2.75, 3.05) is 6.61 Å². The van der Waals surface area contributed by atoms with Gasteiger partial charge in [0.15, 0.2) is 12.4 Å². The lowest BCUT2D eigenvalue weighted by Crippen LogP contribution is -2.25. The molecule has 2 aromatic heterocycles. The SMILES string of the molecule is CCc1cc2c(c(OCC(F)(F)F)c(C)n2C)c(=O)n1CCc1ccccc1. The monoisotopic (exact) mass is 392 g/mol. The molecule has 150 valence electrons. The van der Waals surface area contributed by atoms with E-state index in [1.165, 1.54) is 0 Å². The van der Waals surface area contributed by atoms with Crippen molar-refractivity contribution in [1.82, 2.24) is 9.13 Å². The van der Waals surface area contributed by atoms with Gasteiger partial charge in [-0.15, -0.1) is 0 Å². The normalized spacial score (nSPS) is 11.9. The molecule has 0 amide bonds. The van der Waals surface area contributed by atoms with Crippen LogP contribution in [-0.2, 0) is 26.4 Å². The van der Waals surface area contributed by atoms with Crippen molar-refractivity contribution in [2.45, 2.75) is 39.4 Å². The van der Waals surface area contributed by atoms with Gasteiger partial charge in [0.25, 0.3) is 5.56 Å². The maximum absolute atomic E-state index is 13.2. The molecule has 0 atom stereocenters.